The van der Waals surface area contributed by atoms with Crippen LogP contribution in [0.3, 0.4) is 0 Å². The number of hydrogen-bond acceptors (Lipinski definition) is 4. The summed E-state index contributed by atoms with van der Waals surface area (Å²) in [6.45, 7) is 5.85. The second-order valence-electron chi connectivity index (χ2n) is 7.43. The van der Waals surface area contributed by atoms with Gasteiger partial charge in [-0.15, -0.1) is 0 Å². The van der Waals surface area contributed by atoms with Crippen molar-refractivity contribution < 1.29 is 5.11 Å². The number of pyridine rings is 1. The molecule has 0 radical (unpaired) electrons. The highest BCUT2D eigenvalue weighted by Gasteiger charge is 2.22. The monoisotopic (exact) mass is 359 g/mol. The van der Waals surface area contributed by atoms with Crippen LogP contribution in [0.5, 0.6) is 5.75 Å². The number of nitrogens with zero attached hydrogens (tertiary/aromatic N) is 2. The molecule has 0 aliphatic carbocycles. The van der Waals surface area contributed by atoms with Crippen molar-refractivity contribution in [3.63, 3.8) is 0 Å². The van der Waals surface area contributed by atoms with Crippen LogP contribution in [-0.2, 0) is 0 Å². The molecule has 2 aromatic carbocycles. The van der Waals surface area contributed by atoms with E-state index in [1.165, 1.54) is 11.1 Å². The van der Waals surface area contributed by atoms with Gasteiger partial charge in [0.25, 0.3) is 0 Å². The fraction of sp³-hybridized carbons (Fsp3) is 0.261. The molecule has 1 aliphatic heterocycles. The van der Waals surface area contributed by atoms with E-state index < -0.39 is 0 Å². The SMILES string of the molecule is Cc1ccc(O)c(-c2cc(-c3ccccc3C)cc(N3CCC(N)C3)n2)c1. The van der Waals surface area contributed by atoms with Crippen LogP contribution in [0.4, 0.5) is 5.82 Å². The number of nitrogens with two attached hydrogens (primary N) is 1. The molecule has 3 aromatic rings. The summed E-state index contributed by atoms with van der Waals surface area (Å²) in [6, 6.07) is 18.4. The third-order valence-corrected chi connectivity index (χ3v) is 5.24. The highest BCUT2D eigenvalue weighted by molar-refractivity contribution is 5.78. The third kappa shape index (κ3) is 3.53. The number of anilines is 1. The zero-order chi connectivity index (χ0) is 19.0. The molecule has 2 heterocycles. The van der Waals surface area contributed by atoms with Crippen LogP contribution in [0.2, 0.25) is 0 Å². The van der Waals surface area contributed by atoms with Crippen LogP contribution in [0, 0.1) is 13.8 Å². The van der Waals surface area contributed by atoms with Gasteiger partial charge in [0.1, 0.15) is 11.6 Å². The van der Waals surface area contributed by atoms with Gasteiger partial charge in [-0.3, -0.25) is 0 Å². The molecule has 4 rings (SSSR count). The van der Waals surface area contributed by atoms with Gasteiger partial charge in [0.05, 0.1) is 5.69 Å². The minimum absolute atomic E-state index is 0.185. The number of phenols is 1. The summed E-state index contributed by atoms with van der Waals surface area (Å²) in [6.07, 6.45) is 0.974. The largest absolute Gasteiger partial charge is 0.507 e. The van der Waals surface area contributed by atoms with E-state index in [0.29, 0.717) is 0 Å². The predicted molar refractivity (Wildman–Crippen MR) is 111 cm³/mol. The van der Waals surface area contributed by atoms with Crippen molar-refractivity contribution >= 4 is 5.82 Å². The fourth-order valence-corrected chi connectivity index (χ4v) is 3.72. The van der Waals surface area contributed by atoms with Crippen molar-refractivity contribution in [2.75, 3.05) is 18.0 Å². The summed E-state index contributed by atoms with van der Waals surface area (Å²) in [5.41, 5.74) is 12.3. The number of benzene rings is 2. The molecular weight excluding hydrogens is 334 g/mol. The van der Waals surface area contributed by atoms with Crippen molar-refractivity contribution in [2.45, 2.75) is 26.3 Å². The van der Waals surface area contributed by atoms with E-state index in [-0.39, 0.29) is 11.8 Å². The lowest BCUT2D eigenvalue weighted by molar-refractivity contribution is 0.477. The minimum Gasteiger partial charge on any atom is -0.507 e. The van der Waals surface area contributed by atoms with E-state index in [0.717, 1.165) is 47.7 Å². The summed E-state index contributed by atoms with van der Waals surface area (Å²) < 4.78 is 0. The van der Waals surface area contributed by atoms with E-state index >= 15 is 0 Å². The average Bonchev–Trinajstić information content (AvgIpc) is 3.10. The summed E-state index contributed by atoms with van der Waals surface area (Å²) in [5.74, 6) is 1.17. The van der Waals surface area contributed by atoms with Crippen LogP contribution < -0.4 is 10.6 Å². The van der Waals surface area contributed by atoms with Crippen molar-refractivity contribution in [3.05, 3.63) is 65.7 Å². The quantitative estimate of drug-likeness (QED) is 0.733. The van der Waals surface area contributed by atoms with E-state index in [9.17, 15) is 5.11 Å². The van der Waals surface area contributed by atoms with Gasteiger partial charge in [0.15, 0.2) is 0 Å². The van der Waals surface area contributed by atoms with E-state index in [2.05, 4.69) is 42.2 Å². The van der Waals surface area contributed by atoms with Crippen LogP contribution >= 0.6 is 0 Å². The lowest BCUT2D eigenvalue weighted by Gasteiger charge is -2.20. The van der Waals surface area contributed by atoms with Gasteiger partial charge in [-0.2, -0.15) is 0 Å². The zero-order valence-corrected chi connectivity index (χ0v) is 15.8. The van der Waals surface area contributed by atoms with E-state index in [1.54, 1.807) is 6.07 Å². The van der Waals surface area contributed by atoms with Gasteiger partial charge in [0.2, 0.25) is 0 Å². The topological polar surface area (TPSA) is 62.4 Å². The Labute approximate surface area is 160 Å². The van der Waals surface area contributed by atoms with E-state index in [4.69, 9.17) is 10.7 Å². The number of phenolic OH excluding ortho intramolecular Hbond substituents is 1. The molecule has 0 amide bonds. The first-order chi connectivity index (χ1) is 13.0. The second-order valence-corrected chi connectivity index (χ2v) is 7.43. The number of aromatic hydroxyl groups is 1. The van der Waals surface area contributed by atoms with E-state index in [1.807, 2.05) is 25.1 Å². The smallest absolute Gasteiger partial charge is 0.129 e. The highest BCUT2D eigenvalue weighted by Crippen LogP contribution is 2.35. The fourth-order valence-electron chi connectivity index (χ4n) is 3.72. The summed E-state index contributed by atoms with van der Waals surface area (Å²) in [5, 5.41) is 10.4. The van der Waals surface area contributed by atoms with Gasteiger partial charge in [-0.25, -0.2) is 4.98 Å². The molecule has 0 saturated carbocycles. The number of aryl methyl sites for hydroxylation is 2. The molecule has 1 aliphatic rings. The first-order valence-corrected chi connectivity index (χ1v) is 9.40. The number of rotatable bonds is 3. The molecule has 1 atom stereocenters. The highest BCUT2D eigenvalue weighted by atomic mass is 16.3. The molecule has 4 heteroatoms. The zero-order valence-electron chi connectivity index (χ0n) is 15.8. The number of aromatic nitrogens is 1. The van der Waals surface area contributed by atoms with Gasteiger partial charge in [-0.1, -0.05) is 35.9 Å². The average molecular weight is 359 g/mol. The molecule has 138 valence electrons. The molecule has 1 saturated heterocycles. The Morgan fingerprint density at radius 3 is 2.59 bits per heavy atom. The molecule has 0 bridgehead atoms. The molecule has 4 nitrogen and oxygen atoms in total. The third-order valence-electron chi connectivity index (χ3n) is 5.24. The van der Waals surface area contributed by atoms with Gasteiger partial charge in [-0.05, 0) is 61.2 Å². The molecule has 0 spiro atoms. The molecule has 1 unspecified atom stereocenters. The Bertz CT molecular complexity index is 983. The lowest BCUT2D eigenvalue weighted by Crippen LogP contribution is -2.27. The summed E-state index contributed by atoms with van der Waals surface area (Å²) in [4.78, 5) is 7.13. The molecular formula is C23H25N3O. The first-order valence-electron chi connectivity index (χ1n) is 9.40. The summed E-state index contributed by atoms with van der Waals surface area (Å²) >= 11 is 0. The van der Waals surface area contributed by atoms with Crippen LogP contribution in [0.15, 0.2) is 54.6 Å². The molecule has 1 aromatic heterocycles. The maximum Gasteiger partial charge on any atom is 0.129 e. The van der Waals surface area contributed by atoms with Crippen LogP contribution in [0.1, 0.15) is 17.5 Å². The van der Waals surface area contributed by atoms with Gasteiger partial charge >= 0.3 is 0 Å². The Hall–Kier alpha value is -2.85. The Balaban J connectivity index is 1.89. The maximum absolute atomic E-state index is 10.4. The minimum atomic E-state index is 0.185. The van der Waals surface area contributed by atoms with Gasteiger partial charge < -0.3 is 15.7 Å². The van der Waals surface area contributed by atoms with Gasteiger partial charge in [0, 0.05) is 24.7 Å². The van der Waals surface area contributed by atoms with Crippen molar-refractivity contribution in [1.29, 1.82) is 0 Å². The standard InChI is InChI=1S/C23H25N3O/c1-15-7-8-22(27)20(11-15)21-12-17(19-6-4-3-5-16(19)2)13-23(25-21)26-10-9-18(24)14-26/h3-8,11-13,18,27H,9-10,14,24H2,1-2H3. The van der Waals surface area contributed by atoms with Crippen LogP contribution in [0.25, 0.3) is 22.4 Å². The second kappa shape index (κ2) is 7.05. The molecule has 3 N–H and O–H groups in total. The van der Waals surface area contributed by atoms with Crippen molar-refractivity contribution in [2.24, 2.45) is 5.73 Å². The molecule has 1 fully saturated rings. The first kappa shape index (κ1) is 17.6. The number of hydrogen-bond donors (Lipinski definition) is 2. The Morgan fingerprint density at radius 2 is 1.85 bits per heavy atom. The maximum atomic E-state index is 10.4. The molecule has 27 heavy (non-hydrogen) atoms. The Morgan fingerprint density at radius 1 is 1.04 bits per heavy atom. The van der Waals surface area contributed by atoms with Crippen LogP contribution in [-0.4, -0.2) is 29.2 Å². The van der Waals surface area contributed by atoms with Crippen molar-refractivity contribution in [3.8, 4) is 28.1 Å². The normalized spacial score (nSPS) is 16.7. The van der Waals surface area contributed by atoms with Crippen molar-refractivity contribution in [1.82, 2.24) is 4.98 Å². The Kier molecular flexibility index (Phi) is 4.58. The lowest BCUT2D eigenvalue weighted by atomic mass is 9.98. The predicted octanol–water partition coefficient (Wildman–Crippen LogP) is 4.28. The summed E-state index contributed by atoms with van der Waals surface area (Å²) in [7, 11) is 0.